The molecular weight excluding hydrogens is 390 g/mol. The summed E-state index contributed by atoms with van der Waals surface area (Å²) < 4.78 is 0. The highest BCUT2D eigenvalue weighted by molar-refractivity contribution is 7.10. The molecule has 29 heavy (non-hydrogen) atoms. The van der Waals surface area contributed by atoms with Gasteiger partial charge in [0.1, 0.15) is 6.54 Å². The topological polar surface area (TPSA) is 79.0 Å². The minimum Gasteiger partial charge on any atom is -0.352 e. The van der Waals surface area contributed by atoms with Crippen molar-refractivity contribution in [1.29, 1.82) is 0 Å². The summed E-state index contributed by atoms with van der Waals surface area (Å²) in [4.78, 5) is 46.7. The molecule has 3 heterocycles. The molecule has 3 amide bonds. The van der Waals surface area contributed by atoms with Gasteiger partial charge in [-0.2, -0.15) is 5.06 Å². The van der Waals surface area contributed by atoms with Crippen LogP contribution in [0.1, 0.15) is 29.3 Å². The molecular formula is C21H21N3O4S. The average Bonchev–Trinajstić information content (AvgIpc) is 3.13. The second-order valence-corrected chi connectivity index (χ2v) is 8.66. The lowest BCUT2D eigenvalue weighted by Crippen LogP contribution is -2.41. The Morgan fingerprint density at radius 1 is 1.10 bits per heavy atom. The lowest BCUT2D eigenvalue weighted by atomic mass is 9.95. The van der Waals surface area contributed by atoms with Crippen LogP contribution in [0.3, 0.4) is 0 Å². The largest absolute Gasteiger partial charge is 0.352 e. The lowest BCUT2D eigenvalue weighted by Gasteiger charge is -2.25. The van der Waals surface area contributed by atoms with E-state index < -0.39 is 18.1 Å². The zero-order valence-electron chi connectivity index (χ0n) is 15.7. The number of benzene rings is 1. The van der Waals surface area contributed by atoms with Crippen LogP contribution in [0.25, 0.3) is 0 Å². The van der Waals surface area contributed by atoms with Crippen molar-refractivity contribution in [3.63, 3.8) is 0 Å². The summed E-state index contributed by atoms with van der Waals surface area (Å²) in [6, 6.07) is 13.1. The number of hydrogen-bond acceptors (Lipinski definition) is 6. The minimum atomic E-state index is -0.882. The Kier molecular flexibility index (Phi) is 4.69. The molecule has 1 saturated carbocycles. The molecule has 8 heteroatoms. The van der Waals surface area contributed by atoms with Crippen molar-refractivity contribution in [2.45, 2.75) is 37.6 Å². The molecule has 3 fully saturated rings. The Morgan fingerprint density at radius 2 is 1.90 bits per heavy atom. The first kappa shape index (κ1) is 18.5. The Balaban J connectivity index is 1.39. The zero-order chi connectivity index (χ0) is 20.0. The van der Waals surface area contributed by atoms with Crippen LogP contribution in [0.15, 0.2) is 47.8 Å². The second kappa shape index (κ2) is 7.37. The number of nitrogens with one attached hydrogen (secondary N) is 1. The quantitative estimate of drug-likeness (QED) is 0.735. The molecule has 3 unspecified atom stereocenters. The van der Waals surface area contributed by atoms with E-state index in [1.165, 1.54) is 21.3 Å². The summed E-state index contributed by atoms with van der Waals surface area (Å²) >= 11 is 1.50. The Labute approximate surface area is 172 Å². The first-order valence-corrected chi connectivity index (χ1v) is 10.6. The summed E-state index contributed by atoms with van der Waals surface area (Å²) in [6.07, 6.45) is 1.11. The summed E-state index contributed by atoms with van der Waals surface area (Å²) in [5.41, 5.74) is 0.891. The normalized spacial score (nSPS) is 26.8. The fourth-order valence-electron chi connectivity index (χ4n) is 4.01. The maximum Gasteiger partial charge on any atom is 0.261 e. The number of hydroxylamine groups is 2. The van der Waals surface area contributed by atoms with Crippen molar-refractivity contribution in [2.75, 3.05) is 6.54 Å². The molecule has 5 rings (SSSR count). The summed E-state index contributed by atoms with van der Waals surface area (Å²) in [5.74, 6) is -1.36. The molecule has 3 atom stereocenters. The van der Waals surface area contributed by atoms with Gasteiger partial charge in [0.25, 0.3) is 5.91 Å². The van der Waals surface area contributed by atoms with E-state index >= 15 is 0 Å². The molecule has 0 bridgehead atoms. The number of likely N-dealkylation sites (tertiary alicyclic amines) is 1. The predicted molar refractivity (Wildman–Crippen MR) is 105 cm³/mol. The molecule has 1 aromatic heterocycles. The van der Waals surface area contributed by atoms with E-state index in [4.69, 9.17) is 4.84 Å². The van der Waals surface area contributed by atoms with Gasteiger partial charge in [-0.15, -0.1) is 11.3 Å². The Hall–Kier alpha value is -2.55. The molecule has 2 aromatic rings. The van der Waals surface area contributed by atoms with Crippen LogP contribution in [-0.2, 0) is 25.8 Å². The van der Waals surface area contributed by atoms with Crippen molar-refractivity contribution in [3.05, 3.63) is 58.3 Å². The number of nitrogens with zero attached hydrogens (tertiary/aromatic N) is 2. The Bertz CT molecular complexity index is 929. The first-order valence-electron chi connectivity index (χ1n) is 9.77. The minimum absolute atomic E-state index is 0.00527. The predicted octanol–water partition coefficient (Wildman–Crippen LogP) is 1.87. The third kappa shape index (κ3) is 3.48. The zero-order valence-corrected chi connectivity index (χ0v) is 16.5. The molecule has 3 aliphatic rings. The molecule has 2 saturated heterocycles. The molecule has 0 spiro atoms. The van der Waals surface area contributed by atoms with Gasteiger partial charge in [-0.05, 0) is 29.9 Å². The van der Waals surface area contributed by atoms with Gasteiger partial charge >= 0.3 is 0 Å². The summed E-state index contributed by atoms with van der Waals surface area (Å²) in [6.45, 7) is 0.236. The Morgan fingerprint density at radius 3 is 2.59 bits per heavy atom. The summed E-state index contributed by atoms with van der Waals surface area (Å²) in [5, 5.41) is 6.39. The third-order valence-corrected chi connectivity index (χ3v) is 6.49. The number of fused-ring (bicyclic) bond motifs is 1. The van der Waals surface area contributed by atoms with Crippen molar-refractivity contribution in [2.24, 2.45) is 5.92 Å². The van der Waals surface area contributed by atoms with Gasteiger partial charge in [-0.3, -0.25) is 24.1 Å². The van der Waals surface area contributed by atoms with Gasteiger partial charge in [-0.1, -0.05) is 36.4 Å². The fourth-order valence-corrected chi connectivity index (χ4v) is 4.88. The number of carbonyl (C=O) groups is 3. The molecule has 7 nitrogen and oxygen atoms in total. The molecule has 1 N–H and O–H groups in total. The number of amides is 3. The molecule has 1 aliphatic carbocycles. The van der Waals surface area contributed by atoms with Crippen LogP contribution < -0.4 is 5.32 Å². The second-order valence-electron chi connectivity index (χ2n) is 7.68. The van der Waals surface area contributed by atoms with E-state index in [-0.39, 0.29) is 36.9 Å². The fraction of sp³-hybridized carbons (Fsp3) is 0.381. The number of rotatable bonds is 6. The van der Waals surface area contributed by atoms with Crippen LogP contribution in [0, 0.1) is 5.92 Å². The van der Waals surface area contributed by atoms with Crippen LogP contribution in [-0.4, -0.2) is 46.4 Å². The van der Waals surface area contributed by atoms with Gasteiger partial charge in [0.05, 0.1) is 18.5 Å². The van der Waals surface area contributed by atoms with Crippen LogP contribution in [0.4, 0.5) is 0 Å². The highest BCUT2D eigenvalue weighted by Crippen LogP contribution is 2.46. The van der Waals surface area contributed by atoms with Crippen molar-refractivity contribution in [3.8, 4) is 0 Å². The highest BCUT2D eigenvalue weighted by atomic mass is 32.1. The van der Waals surface area contributed by atoms with Crippen molar-refractivity contribution in [1.82, 2.24) is 15.3 Å². The van der Waals surface area contributed by atoms with Gasteiger partial charge in [0.2, 0.25) is 11.8 Å². The van der Waals surface area contributed by atoms with Gasteiger partial charge in [0.15, 0.2) is 6.10 Å². The van der Waals surface area contributed by atoms with E-state index in [0.717, 1.165) is 23.3 Å². The van der Waals surface area contributed by atoms with Gasteiger partial charge in [0, 0.05) is 10.9 Å². The number of hydrogen-bond donors (Lipinski definition) is 1. The van der Waals surface area contributed by atoms with Crippen LogP contribution in [0.5, 0.6) is 0 Å². The lowest BCUT2D eigenvalue weighted by molar-refractivity contribution is -0.182. The highest BCUT2D eigenvalue weighted by Gasteiger charge is 2.60. The van der Waals surface area contributed by atoms with E-state index in [2.05, 4.69) is 5.32 Å². The van der Waals surface area contributed by atoms with Crippen molar-refractivity contribution >= 4 is 29.1 Å². The van der Waals surface area contributed by atoms with E-state index in [9.17, 15) is 14.4 Å². The molecule has 150 valence electrons. The third-order valence-electron chi connectivity index (χ3n) is 5.55. The number of thiophene rings is 1. The maximum atomic E-state index is 13.2. The van der Waals surface area contributed by atoms with Gasteiger partial charge < -0.3 is 5.32 Å². The average molecular weight is 411 g/mol. The van der Waals surface area contributed by atoms with E-state index in [1.807, 2.05) is 47.8 Å². The molecule has 1 aromatic carbocycles. The smallest absolute Gasteiger partial charge is 0.261 e. The SMILES string of the molecule is O=C(CN1OC2C(=O)N(Cc3ccccc3)C(=O)C2C1c1cccs1)NC1CC1. The number of carbonyl (C=O) groups excluding carboxylic acids is 3. The maximum absolute atomic E-state index is 13.2. The molecule has 0 radical (unpaired) electrons. The van der Waals surface area contributed by atoms with E-state index in [1.54, 1.807) is 0 Å². The van der Waals surface area contributed by atoms with Crippen LogP contribution in [0.2, 0.25) is 0 Å². The van der Waals surface area contributed by atoms with Crippen molar-refractivity contribution < 1.29 is 19.2 Å². The van der Waals surface area contributed by atoms with Gasteiger partial charge in [-0.25, -0.2) is 0 Å². The summed E-state index contributed by atoms with van der Waals surface area (Å²) in [7, 11) is 0. The standard InChI is InChI=1S/C21H21N3O4S/c25-16(22-14-8-9-14)12-24-18(15-7-4-10-29-15)17-19(28-24)21(27)23(20(17)26)11-13-5-2-1-3-6-13/h1-7,10,14,17-19H,8-9,11-12H2,(H,22,25). The van der Waals surface area contributed by atoms with E-state index in [0.29, 0.717) is 0 Å². The monoisotopic (exact) mass is 411 g/mol. The first-order chi connectivity index (χ1) is 14.1. The number of imide groups is 1. The molecule has 2 aliphatic heterocycles. The van der Waals surface area contributed by atoms with Crippen LogP contribution >= 0.6 is 11.3 Å².